The van der Waals surface area contributed by atoms with Gasteiger partial charge in [-0.2, -0.15) is 0 Å². The molecule has 1 N–H and O–H groups in total. The molecule has 16 heavy (non-hydrogen) atoms. The van der Waals surface area contributed by atoms with Crippen molar-refractivity contribution < 1.29 is 14.4 Å². The first-order valence-corrected chi connectivity index (χ1v) is 4.98. The Morgan fingerprint density at radius 3 is 2.75 bits per heavy atom. The Balaban J connectivity index is 2.59. The maximum absolute atomic E-state index is 10.9. The SMILES string of the molecule is O=C(O)c1conc1-c1ccc(Cl)cc1Cl. The lowest BCUT2D eigenvalue weighted by Gasteiger charge is -2.01. The largest absolute Gasteiger partial charge is 0.477 e. The Labute approximate surface area is 100 Å². The van der Waals surface area contributed by atoms with Crippen LogP contribution in [0.3, 0.4) is 0 Å². The van der Waals surface area contributed by atoms with E-state index in [4.69, 9.17) is 28.3 Å². The lowest BCUT2D eigenvalue weighted by molar-refractivity contribution is 0.0697. The van der Waals surface area contributed by atoms with Crippen molar-refractivity contribution >= 4 is 29.2 Å². The standard InChI is InChI=1S/C10H5Cl2NO3/c11-5-1-2-6(8(12)3-5)9-7(10(14)15)4-16-13-9/h1-4H,(H,14,15). The number of carboxylic acid groups (broad SMARTS) is 1. The van der Waals surface area contributed by atoms with Crippen LogP contribution in [-0.2, 0) is 0 Å². The Morgan fingerprint density at radius 2 is 2.12 bits per heavy atom. The van der Waals surface area contributed by atoms with Gasteiger partial charge >= 0.3 is 5.97 Å². The second-order valence-electron chi connectivity index (χ2n) is 3.01. The van der Waals surface area contributed by atoms with Gasteiger partial charge in [0.05, 0.1) is 5.02 Å². The first kappa shape index (κ1) is 11.0. The maximum Gasteiger partial charge on any atom is 0.341 e. The number of hydrogen-bond acceptors (Lipinski definition) is 3. The van der Waals surface area contributed by atoms with E-state index in [0.717, 1.165) is 6.26 Å². The zero-order chi connectivity index (χ0) is 11.7. The molecular weight excluding hydrogens is 253 g/mol. The van der Waals surface area contributed by atoms with Gasteiger partial charge in [-0.1, -0.05) is 28.4 Å². The minimum atomic E-state index is -1.12. The molecule has 1 aromatic carbocycles. The van der Waals surface area contributed by atoms with Crippen LogP contribution in [0.25, 0.3) is 11.3 Å². The van der Waals surface area contributed by atoms with E-state index in [1.807, 2.05) is 0 Å². The van der Waals surface area contributed by atoms with Gasteiger partial charge in [-0.05, 0) is 18.2 Å². The van der Waals surface area contributed by atoms with Gasteiger partial charge in [-0.25, -0.2) is 4.79 Å². The number of benzene rings is 1. The van der Waals surface area contributed by atoms with Gasteiger partial charge in [-0.3, -0.25) is 0 Å². The molecule has 0 bridgehead atoms. The van der Waals surface area contributed by atoms with Gasteiger partial charge in [0.1, 0.15) is 17.5 Å². The van der Waals surface area contributed by atoms with E-state index in [1.165, 1.54) is 6.07 Å². The predicted octanol–water partition coefficient (Wildman–Crippen LogP) is 3.35. The van der Waals surface area contributed by atoms with Crippen molar-refractivity contribution in [1.82, 2.24) is 5.16 Å². The van der Waals surface area contributed by atoms with Gasteiger partial charge in [0.25, 0.3) is 0 Å². The average molecular weight is 258 g/mol. The third-order valence-electron chi connectivity index (χ3n) is 1.99. The molecule has 2 aromatic rings. The van der Waals surface area contributed by atoms with Crippen LogP contribution in [0.4, 0.5) is 0 Å². The smallest absolute Gasteiger partial charge is 0.341 e. The Morgan fingerprint density at radius 1 is 1.38 bits per heavy atom. The predicted molar refractivity (Wildman–Crippen MR) is 58.9 cm³/mol. The van der Waals surface area contributed by atoms with Crippen LogP contribution in [0.5, 0.6) is 0 Å². The van der Waals surface area contributed by atoms with Gasteiger partial charge in [-0.15, -0.1) is 0 Å². The number of carboxylic acids is 1. The highest BCUT2D eigenvalue weighted by Crippen LogP contribution is 2.31. The first-order chi connectivity index (χ1) is 7.59. The molecule has 0 fully saturated rings. The van der Waals surface area contributed by atoms with Crippen molar-refractivity contribution in [2.45, 2.75) is 0 Å². The molecule has 4 nitrogen and oxygen atoms in total. The molecule has 1 aromatic heterocycles. The van der Waals surface area contributed by atoms with Crippen molar-refractivity contribution in [3.8, 4) is 11.3 Å². The molecule has 0 spiro atoms. The summed E-state index contributed by atoms with van der Waals surface area (Å²) in [6, 6.07) is 4.71. The molecule has 0 saturated carbocycles. The Hall–Kier alpha value is -1.52. The molecular formula is C10H5Cl2NO3. The van der Waals surface area contributed by atoms with Crippen LogP contribution in [0.2, 0.25) is 10.0 Å². The van der Waals surface area contributed by atoms with E-state index in [-0.39, 0.29) is 11.3 Å². The number of rotatable bonds is 2. The maximum atomic E-state index is 10.9. The summed E-state index contributed by atoms with van der Waals surface area (Å²) in [6.45, 7) is 0. The Bertz CT molecular complexity index is 551. The van der Waals surface area contributed by atoms with Crippen molar-refractivity contribution in [2.24, 2.45) is 0 Å². The fourth-order valence-corrected chi connectivity index (χ4v) is 1.76. The number of carbonyl (C=O) groups is 1. The lowest BCUT2D eigenvalue weighted by atomic mass is 10.1. The molecule has 0 aliphatic heterocycles. The molecule has 2 rings (SSSR count). The summed E-state index contributed by atoms with van der Waals surface area (Å²) < 4.78 is 4.62. The van der Waals surface area contributed by atoms with E-state index in [1.54, 1.807) is 12.1 Å². The highest BCUT2D eigenvalue weighted by atomic mass is 35.5. The summed E-state index contributed by atoms with van der Waals surface area (Å²) in [6.07, 6.45) is 1.06. The third-order valence-corrected chi connectivity index (χ3v) is 2.53. The molecule has 0 saturated heterocycles. The molecule has 0 radical (unpaired) electrons. The minimum Gasteiger partial charge on any atom is -0.477 e. The quantitative estimate of drug-likeness (QED) is 0.897. The van der Waals surface area contributed by atoms with Gasteiger partial charge < -0.3 is 9.63 Å². The van der Waals surface area contributed by atoms with E-state index < -0.39 is 5.97 Å². The van der Waals surface area contributed by atoms with Crippen LogP contribution in [0.1, 0.15) is 10.4 Å². The zero-order valence-electron chi connectivity index (χ0n) is 7.78. The van der Waals surface area contributed by atoms with Crippen molar-refractivity contribution in [3.05, 3.63) is 40.1 Å². The fraction of sp³-hybridized carbons (Fsp3) is 0. The summed E-state index contributed by atoms with van der Waals surface area (Å²) in [5.74, 6) is -1.12. The molecule has 0 amide bonds. The van der Waals surface area contributed by atoms with Crippen molar-refractivity contribution in [2.75, 3.05) is 0 Å². The van der Waals surface area contributed by atoms with Crippen LogP contribution >= 0.6 is 23.2 Å². The molecule has 6 heteroatoms. The summed E-state index contributed by atoms with van der Waals surface area (Å²) >= 11 is 11.7. The number of halogens is 2. The minimum absolute atomic E-state index is 0.0378. The molecule has 82 valence electrons. The third kappa shape index (κ3) is 1.89. The second kappa shape index (κ2) is 4.15. The summed E-state index contributed by atoms with van der Waals surface area (Å²) in [5.41, 5.74) is 0.621. The van der Waals surface area contributed by atoms with Crippen LogP contribution < -0.4 is 0 Å². The summed E-state index contributed by atoms with van der Waals surface area (Å²) in [7, 11) is 0. The van der Waals surface area contributed by atoms with Crippen molar-refractivity contribution in [3.63, 3.8) is 0 Å². The number of aromatic nitrogens is 1. The average Bonchev–Trinajstić information content (AvgIpc) is 2.66. The van der Waals surface area contributed by atoms with Crippen LogP contribution in [0, 0.1) is 0 Å². The van der Waals surface area contributed by atoms with Gasteiger partial charge in [0, 0.05) is 10.6 Å². The van der Waals surface area contributed by atoms with E-state index in [9.17, 15) is 4.79 Å². The van der Waals surface area contributed by atoms with Crippen molar-refractivity contribution in [1.29, 1.82) is 0 Å². The molecule has 0 atom stereocenters. The molecule has 0 unspecified atom stereocenters. The second-order valence-corrected chi connectivity index (χ2v) is 3.85. The summed E-state index contributed by atoms with van der Waals surface area (Å²) in [5, 5.41) is 13.3. The topological polar surface area (TPSA) is 63.3 Å². The highest BCUT2D eigenvalue weighted by molar-refractivity contribution is 6.36. The summed E-state index contributed by atoms with van der Waals surface area (Å²) in [4.78, 5) is 10.9. The molecule has 1 heterocycles. The van der Waals surface area contributed by atoms with Gasteiger partial charge in [0.2, 0.25) is 0 Å². The zero-order valence-corrected chi connectivity index (χ0v) is 9.29. The number of hydrogen-bond donors (Lipinski definition) is 1. The highest BCUT2D eigenvalue weighted by Gasteiger charge is 2.18. The lowest BCUT2D eigenvalue weighted by Crippen LogP contribution is -1.97. The van der Waals surface area contributed by atoms with Gasteiger partial charge in [0.15, 0.2) is 0 Å². The monoisotopic (exact) mass is 257 g/mol. The van der Waals surface area contributed by atoms with E-state index >= 15 is 0 Å². The first-order valence-electron chi connectivity index (χ1n) is 4.22. The normalized spacial score (nSPS) is 10.4. The number of aromatic carboxylic acids is 1. The Kier molecular flexibility index (Phi) is 2.85. The molecule has 0 aliphatic carbocycles. The van der Waals surface area contributed by atoms with E-state index in [0.29, 0.717) is 15.6 Å². The van der Waals surface area contributed by atoms with Crippen LogP contribution in [0.15, 0.2) is 29.0 Å². The number of nitrogens with zero attached hydrogens (tertiary/aromatic N) is 1. The molecule has 0 aliphatic rings. The van der Waals surface area contributed by atoms with E-state index in [2.05, 4.69) is 9.68 Å². The van der Waals surface area contributed by atoms with Crippen LogP contribution in [-0.4, -0.2) is 16.2 Å². The fourth-order valence-electron chi connectivity index (χ4n) is 1.26.